The fourth-order valence-electron chi connectivity index (χ4n) is 3.80. The Morgan fingerprint density at radius 3 is 2.51 bits per heavy atom. The molecule has 4 rings (SSSR count). The molecule has 0 radical (unpaired) electrons. The van der Waals surface area contributed by atoms with Crippen molar-refractivity contribution in [1.29, 1.82) is 0 Å². The van der Waals surface area contributed by atoms with E-state index in [9.17, 15) is 19.2 Å². The van der Waals surface area contributed by atoms with E-state index >= 15 is 0 Å². The van der Waals surface area contributed by atoms with Gasteiger partial charge in [0.2, 0.25) is 0 Å². The monoisotopic (exact) mass is 539 g/mol. The standard InChI is InChI=1S/C26H25N3O6S2/c1-2-34-26(33)21-18-7-4-3-5-8-19(18)37-24(21)28-22(30)23(31)29-27-15-16-10-12-17(13-11-16)35-25(32)20-9-6-14-36-20/h6,9-15H,2-5,7-8H2,1H3,(H,28,30)(H,29,31). The summed E-state index contributed by atoms with van der Waals surface area (Å²) in [5, 5.41) is 8.49. The molecule has 0 unspecified atom stereocenters. The van der Waals surface area contributed by atoms with Gasteiger partial charge in [0.25, 0.3) is 0 Å². The molecule has 192 valence electrons. The van der Waals surface area contributed by atoms with E-state index in [1.807, 2.05) is 0 Å². The van der Waals surface area contributed by atoms with Crippen molar-refractivity contribution in [3.63, 3.8) is 0 Å². The summed E-state index contributed by atoms with van der Waals surface area (Å²) in [6.07, 6.45) is 5.96. The quantitative estimate of drug-likeness (QED) is 0.113. The number of aryl methyl sites for hydroxylation is 1. The number of nitrogens with zero attached hydrogens (tertiary/aromatic N) is 1. The SMILES string of the molecule is CCOC(=O)c1c(NC(=O)C(=O)NN=Cc2ccc(OC(=O)c3cccs3)cc2)sc2c1CCCCC2. The number of rotatable bonds is 7. The molecule has 37 heavy (non-hydrogen) atoms. The Morgan fingerprint density at radius 1 is 1.00 bits per heavy atom. The number of anilines is 1. The number of nitrogens with one attached hydrogen (secondary N) is 2. The first-order chi connectivity index (χ1) is 18.0. The molecule has 9 nitrogen and oxygen atoms in total. The second kappa shape index (κ2) is 12.4. The van der Waals surface area contributed by atoms with Gasteiger partial charge in [0, 0.05) is 4.88 Å². The topological polar surface area (TPSA) is 123 Å². The van der Waals surface area contributed by atoms with Crippen molar-refractivity contribution in [3.05, 3.63) is 68.2 Å². The van der Waals surface area contributed by atoms with Crippen LogP contribution < -0.4 is 15.5 Å². The number of ether oxygens (including phenoxy) is 2. The van der Waals surface area contributed by atoms with E-state index in [1.54, 1.807) is 48.7 Å². The van der Waals surface area contributed by atoms with Crippen LogP contribution in [0.4, 0.5) is 5.00 Å². The van der Waals surface area contributed by atoms with E-state index in [2.05, 4.69) is 15.8 Å². The van der Waals surface area contributed by atoms with Gasteiger partial charge < -0.3 is 14.8 Å². The molecular formula is C26H25N3O6S2. The predicted octanol–water partition coefficient (Wildman–Crippen LogP) is 4.56. The lowest BCUT2D eigenvalue weighted by atomic mass is 10.1. The lowest BCUT2D eigenvalue weighted by Crippen LogP contribution is -2.32. The summed E-state index contributed by atoms with van der Waals surface area (Å²) >= 11 is 2.60. The molecule has 0 spiro atoms. The maximum atomic E-state index is 12.6. The fraction of sp³-hybridized carbons (Fsp3) is 0.269. The Bertz CT molecular complexity index is 1310. The summed E-state index contributed by atoms with van der Waals surface area (Å²) in [5.74, 6) is -2.49. The molecule has 1 aliphatic carbocycles. The van der Waals surface area contributed by atoms with E-state index in [-0.39, 0.29) is 6.61 Å². The van der Waals surface area contributed by atoms with Crippen LogP contribution in [0.3, 0.4) is 0 Å². The highest BCUT2D eigenvalue weighted by Gasteiger charge is 2.27. The Hall–Kier alpha value is -3.83. The van der Waals surface area contributed by atoms with Gasteiger partial charge in [0.05, 0.1) is 18.4 Å². The number of carbonyl (C=O) groups is 4. The highest BCUT2D eigenvalue weighted by molar-refractivity contribution is 7.17. The molecule has 2 N–H and O–H groups in total. The van der Waals surface area contributed by atoms with Crippen molar-refractivity contribution >= 4 is 57.6 Å². The van der Waals surface area contributed by atoms with Gasteiger partial charge in [-0.15, -0.1) is 22.7 Å². The van der Waals surface area contributed by atoms with Crippen LogP contribution >= 0.6 is 22.7 Å². The molecule has 11 heteroatoms. The molecule has 1 aliphatic rings. The van der Waals surface area contributed by atoms with Crippen LogP contribution in [0, 0.1) is 0 Å². The average molecular weight is 540 g/mol. The van der Waals surface area contributed by atoms with E-state index < -0.39 is 23.8 Å². The lowest BCUT2D eigenvalue weighted by Gasteiger charge is -2.08. The fourth-order valence-corrected chi connectivity index (χ4v) is 5.67. The molecule has 0 aliphatic heterocycles. The first-order valence-electron chi connectivity index (χ1n) is 11.8. The lowest BCUT2D eigenvalue weighted by molar-refractivity contribution is -0.136. The first kappa shape index (κ1) is 26.2. The van der Waals surface area contributed by atoms with Gasteiger partial charge in [-0.05, 0) is 79.4 Å². The van der Waals surface area contributed by atoms with Gasteiger partial charge in [0.1, 0.15) is 15.6 Å². The second-order valence-electron chi connectivity index (χ2n) is 8.08. The number of hydrogen-bond donors (Lipinski definition) is 2. The normalized spacial score (nSPS) is 12.9. The van der Waals surface area contributed by atoms with Crippen molar-refractivity contribution in [3.8, 4) is 5.75 Å². The zero-order valence-corrected chi connectivity index (χ0v) is 21.7. The third-order valence-electron chi connectivity index (χ3n) is 5.53. The summed E-state index contributed by atoms with van der Waals surface area (Å²) in [4.78, 5) is 51.0. The maximum Gasteiger partial charge on any atom is 0.353 e. The second-order valence-corrected chi connectivity index (χ2v) is 10.1. The van der Waals surface area contributed by atoms with Crippen LogP contribution in [0.1, 0.15) is 62.2 Å². The van der Waals surface area contributed by atoms with Gasteiger partial charge in [-0.25, -0.2) is 15.0 Å². The number of esters is 2. The molecule has 0 saturated heterocycles. The van der Waals surface area contributed by atoms with Gasteiger partial charge in [-0.3, -0.25) is 9.59 Å². The van der Waals surface area contributed by atoms with Crippen molar-refractivity contribution in [2.45, 2.75) is 39.0 Å². The third-order valence-corrected chi connectivity index (χ3v) is 7.58. The van der Waals surface area contributed by atoms with Crippen LogP contribution in [0.15, 0.2) is 46.9 Å². The van der Waals surface area contributed by atoms with Crippen molar-refractivity contribution in [1.82, 2.24) is 5.43 Å². The number of hydrazone groups is 1. The number of hydrogen-bond acceptors (Lipinski definition) is 9. The Balaban J connectivity index is 1.35. The number of carbonyl (C=O) groups excluding carboxylic acids is 4. The predicted molar refractivity (Wildman–Crippen MR) is 142 cm³/mol. The minimum absolute atomic E-state index is 0.212. The molecule has 3 aromatic rings. The summed E-state index contributed by atoms with van der Waals surface area (Å²) in [5.41, 5.74) is 4.04. The van der Waals surface area contributed by atoms with E-state index in [0.29, 0.717) is 26.8 Å². The molecule has 1 aromatic carbocycles. The van der Waals surface area contributed by atoms with Crippen LogP contribution in [0.2, 0.25) is 0 Å². The van der Waals surface area contributed by atoms with E-state index in [0.717, 1.165) is 42.5 Å². The zero-order valence-electron chi connectivity index (χ0n) is 20.1. The van der Waals surface area contributed by atoms with Gasteiger partial charge in [0.15, 0.2) is 0 Å². The molecule has 0 atom stereocenters. The average Bonchev–Trinajstić information content (AvgIpc) is 3.48. The zero-order chi connectivity index (χ0) is 26.2. The van der Waals surface area contributed by atoms with Crippen molar-refractivity contribution < 1.29 is 28.7 Å². The first-order valence-corrected chi connectivity index (χ1v) is 13.5. The van der Waals surface area contributed by atoms with Gasteiger partial charge >= 0.3 is 23.8 Å². The Kier molecular flexibility index (Phi) is 8.81. The number of amides is 2. The minimum Gasteiger partial charge on any atom is -0.462 e. The van der Waals surface area contributed by atoms with Crippen LogP contribution in [0.5, 0.6) is 5.75 Å². The van der Waals surface area contributed by atoms with Crippen LogP contribution in [-0.4, -0.2) is 36.6 Å². The third kappa shape index (κ3) is 6.69. The summed E-state index contributed by atoms with van der Waals surface area (Å²) in [6, 6.07) is 9.94. The Labute approximate surface area is 221 Å². The largest absolute Gasteiger partial charge is 0.462 e. The summed E-state index contributed by atoms with van der Waals surface area (Å²) < 4.78 is 10.5. The summed E-state index contributed by atoms with van der Waals surface area (Å²) in [6.45, 7) is 1.93. The van der Waals surface area contributed by atoms with Gasteiger partial charge in [-0.2, -0.15) is 5.10 Å². The van der Waals surface area contributed by atoms with Crippen LogP contribution in [0.25, 0.3) is 0 Å². The molecule has 2 aromatic heterocycles. The number of benzene rings is 1. The molecule has 0 saturated carbocycles. The smallest absolute Gasteiger partial charge is 0.353 e. The molecule has 2 heterocycles. The molecule has 2 amide bonds. The minimum atomic E-state index is -0.976. The number of fused-ring (bicyclic) bond motifs is 1. The number of thiophene rings is 2. The maximum absolute atomic E-state index is 12.6. The highest BCUT2D eigenvalue weighted by Crippen LogP contribution is 2.38. The Morgan fingerprint density at radius 2 is 1.78 bits per heavy atom. The molecule has 0 fully saturated rings. The van der Waals surface area contributed by atoms with Crippen molar-refractivity contribution in [2.24, 2.45) is 5.10 Å². The van der Waals surface area contributed by atoms with Crippen LogP contribution in [-0.2, 0) is 27.2 Å². The van der Waals surface area contributed by atoms with E-state index in [4.69, 9.17) is 9.47 Å². The summed E-state index contributed by atoms with van der Waals surface area (Å²) in [7, 11) is 0. The molecular weight excluding hydrogens is 514 g/mol. The highest BCUT2D eigenvalue weighted by atomic mass is 32.1. The van der Waals surface area contributed by atoms with E-state index in [1.165, 1.54) is 28.9 Å². The van der Waals surface area contributed by atoms with Gasteiger partial charge in [-0.1, -0.05) is 12.5 Å². The molecule has 0 bridgehead atoms. The van der Waals surface area contributed by atoms with Crippen molar-refractivity contribution in [2.75, 3.05) is 11.9 Å².